The standard InChI is InChI=1S/C14H25N3O2/c15-13(16-18)9-14(5-6-14)10-17-7-8-19-12-4-2-1-3-11(12)17/h11-12,18H,1-10H2,(H2,15,16). The van der Waals surface area contributed by atoms with Crippen LogP contribution in [0.5, 0.6) is 0 Å². The molecular formula is C14H25N3O2. The summed E-state index contributed by atoms with van der Waals surface area (Å²) in [6.45, 7) is 2.99. The van der Waals surface area contributed by atoms with Crippen LogP contribution in [-0.4, -0.2) is 47.8 Å². The third-order valence-electron chi connectivity index (χ3n) is 5.03. The Labute approximate surface area is 114 Å². The van der Waals surface area contributed by atoms with E-state index in [1.807, 2.05) is 0 Å². The largest absolute Gasteiger partial charge is 0.409 e. The molecule has 1 saturated heterocycles. The lowest BCUT2D eigenvalue weighted by molar-refractivity contribution is -0.0930. The fourth-order valence-corrected chi connectivity index (χ4v) is 3.79. The zero-order valence-corrected chi connectivity index (χ0v) is 11.6. The van der Waals surface area contributed by atoms with Crippen LogP contribution in [0.25, 0.3) is 0 Å². The molecule has 108 valence electrons. The molecule has 19 heavy (non-hydrogen) atoms. The van der Waals surface area contributed by atoms with Gasteiger partial charge in [0.15, 0.2) is 0 Å². The maximum Gasteiger partial charge on any atom is 0.139 e. The molecular weight excluding hydrogens is 242 g/mol. The van der Waals surface area contributed by atoms with E-state index >= 15 is 0 Å². The fraction of sp³-hybridized carbons (Fsp3) is 0.929. The van der Waals surface area contributed by atoms with Crippen LogP contribution < -0.4 is 5.73 Å². The van der Waals surface area contributed by atoms with Crippen molar-refractivity contribution < 1.29 is 9.94 Å². The summed E-state index contributed by atoms with van der Waals surface area (Å²) in [5.74, 6) is 0.381. The Balaban J connectivity index is 1.62. The van der Waals surface area contributed by atoms with Crippen molar-refractivity contribution in [3.05, 3.63) is 0 Å². The lowest BCUT2D eigenvalue weighted by Gasteiger charge is -2.45. The van der Waals surface area contributed by atoms with Gasteiger partial charge in [-0.25, -0.2) is 0 Å². The van der Waals surface area contributed by atoms with Crippen molar-refractivity contribution in [3.8, 4) is 0 Å². The summed E-state index contributed by atoms with van der Waals surface area (Å²) < 4.78 is 5.92. The van der Waals surface area contributed by atoms with Crippen molar-refractivity contribution >= 4 is 5.84 Å². The highest BCUT2D eigenvalue weighted by molar-refractivity contribution is 5.80. The number of hydrogen-bond donors (Lipinski definition) is 2. The predicted molar refractivity (Wildman–Crippen MR) is 73.3 cm³/mol. The SMILES string of the molecule is NC(CC1(CN2CCOC3CCCCC32)CC1)=NO. The Morgan fingerprint density at radius 1 is 1.37 bits per heavy atom. The number of ether oxygens (including phenoxy) is 1. The van der Waals surface area contributed by atoms with Crippen molar-refractivity contribution in [3.63, 3.8) is 0 Å². The first-order valence-electron chi connectivity index (χ1n) is 7.54. The molecule has 0 bridgehead atoms. The van der Waals surface area contributed by atoms with E-state index in [4.69, 9.17) is 15.7 Å². The highest BCUT2D eigenvalue weighted by Crippen LogP contribution is 2.50. The van der Waals surface area contributed by atoms with Gasteiger partial charge in [-0.15, -0.1) is 0 Å². The molecule has 1 heterocycles. The topological polar surface area (TPSA) is 71.1 Å². The minimum atomic E-state index is 0.273. The highest BCUT2D eigenvalue weighted by atomic mass is 16.5. The number of rotatable bonds is 4. The van der Waals surface area contributed by atoms with Gasteiger partial charge in [0, 0.05) is 25.6 Å². The van der Waals surface area contributed by atoms with Gasteiger partial charge in [-0.05, 0) is 31.1 Å². The third kappa shape index (κ3) is 2.87. The van der Waals surface area contributed by atoms with Crippen molar-refractivity contribution in [1.29, 1.82) is 0 Å². The summed E-state index contributed by atoms with van der Waals surface area (Å²) >= 11 is 0. The van der Waals surface area contributed by atoms with Gasteiger partial charge in [0.05, 0.1) is 12.7 Å². The van der Waals surface area contributed by atoms with Crippen molar-refractivity contribution in [2.45, 2.75) is 57.1 Å². The van der Waals surface area contributed by atoms with Gasteiger partial charge in [-0.3, -0.25) is 4.90 Å². The zero-order chi connectivity index (χ0) is 13.3. The number of morpholine rings is 1. The predicted octanol–water partition coefficient (Wildman–Crippen LogP) is 1.55. The summed E-state index contributed by atoms with van der Waals surface area (Å²) in [6.07, 6.45) is 8.72. The molecule has 3 aliphatic rings. The molecule has 5 nitrogen and oxygen atoms in total. The Morgan fingerprint density at radius 3 is 2.89 bits per heavy atom. The molecule has 3 fully saturated rings. The summed E-state index contributed by atoms with van der Waals surface area (Å²) in [5.41, 5.74) is 5.97. The minimum Gasteiger partial charge on any atom is -0.409 e. The van der Waals surface area contributed by atoms with E-state index < -0.39 is 0 Å². The van der Waals surface area contributed by atoms with E-state index in [1.54, 1.807) is 0 Å². The maximum absolute atomic E-state index is 8.75. The number of amidine groups is 1. The first kappa shape index (κ1) is 13.2. The van der Waals surface area contributed by atoms with Crippen molar-refractivity contribution in [1.82, 2.24) is 4.90 Å². The second kappa shape index (κ2) is 5.29. The van der Waals surface area contributed by atoms with E-state index in [2.05, 4.69) is 10.1 Å². The van der Waals surface area contributed by atoms with E-state index in [1.165, 1.54) is 38.5 Å². The molecule has 3 rings (SSSR count). The first-order chi connectivity index (χ1) is 9.22. The van der Waals surface area contributed by atoms with Gasteiger partial charge in [0.2, 0.25) is 0 Å². The molecule has 0 aromatic carbocycles. The average Bonchev–Trinajstić information content (AvgIpc) is 3.18. The van der Waals surface area contributed by atoms with E-state index in [0.717, 1.165) is 26.1 Å². The molecule has 3 N–H and O–H groups in total. The van der Waals surface area contributed by atoms with Gasteiger partial charge in [-0.2, -0.15) is 0 Å². The minimum absolute atomic E-state index is 0.273. The number of fused-ring (bicyclic) bond motifs is 1. The number of nitrogens with zero attached hydrogens (tertiary/aromatic N) is 2. The smallest absolute Gasteiger partial charge is 0.139 e. The van der Waals surface area contributed by atoms with Crippen LogP contribution in [0.3, 0.4) is 0 Å². The Kier molecular flexibility index (Phi) is 3.67. The molecule has 1 aliphatic heterocycles. The maximum atomic E-state index is 8.75. The Hall–Kier alpha value is -0.810. The number of hydrogen-bond acceptors (Lipinski definition) is 4. The summed E-state index contributed by atoms with van der Waals surface area (Å²) in [6, 6.07) is 0.604. The Bertz CT molecular complexity index is 353. The highest BCUT2D eigenvalue weighted by Gasteiger charge is 2.47. The van der Waals surface area contributed by atoms with Gasteiger partial charge in [-0.1, -0.05) is 18.0 Å². The fourth-order valence-electron chi connectivity index (χ4n) is 3.79. The van der Waals surface area contributed by atoms with Gasteiger partial charge in [0.25, 0.3) is 0 Å². The van der Waals surface area contributed by atoms with Gasteiger partial charge in [0.1, 0.15) is 5.84 Å². The van der Waals surface area contributed by atoms with Gasteiger partial charge >= 0.3 is 0 Å². The van der Waals surface area contributed by atoms with Crippen LogP contribution in [-0.2, 0) is 4.74 Å². The van der Waals surface area contributed by atoms with Crippen molar-refractivity contribution in [2.24, 2.45) is 16.3 Å². The van der Waals surface area contributed by atoms with Gasteiger partial charge < -0.3 is 15.7 Å². The van der Waals surface area contributed by atoms with E-state index in [0.29, 0.717) is 18.0 Å². The quantitative estimate of drug-likeness (QED) is 0.351. The molecule has 5 heteroatoms. The molecule has 2 aliphatic carbocycles. The molecule has 0 amide bonds. The summed E-state index contributed by atoms with van der Waals surface area (Å²) in [5, 5.41) is 11.9. The molecule has 0 aromatic heterocycles. The van der Waals surface area contributed by atoms with E-state index in [9.17, 15) is 0 Å². The van der Waals surface area contributed by atoms with Crippen LogP contribution >= 0.6 is 0 Å². The molecule has 2 atom stereocenters. The molecule has 2 unspecified atom stereocenters. The zero-order valence-electron chi connectivity index (χ0n) is 11.6. The van der Waals surface area contributed by atoms with Crippen LogP contribution in [0.1, 0.15) is 44.9 Å². The first-order valence-corrected chi connectivity index (χ1v) is 7.54. The second-order valence-electron chi connectivity index (χ2n) is 6.50. The number of nitrogens with two attached hydrogens (primary N) is 1. The Morgan fingerprint density at radius 2 is 2.16 bits per heavy atom. The normalized spacial score (nSPS) is 34.8. The monoisotopic (exact) mass is 267 g/mol. The third-order valence-corrected chi connectivity index (χ3v) is 5.03. The molecule has 0 radical (unpaired) electrons. The second-order valence-corrected chi connectivity index (χ2v) is 6.50. The molecule has 0 aromatic rings. The number of oxime groups is 1. The summed E-state index contributed by atoms with van der Waals surface area (Å²) in [7, 11) is 0. The van der Waals surface area contributed by atoms with Crippen molar-refractivity contribution in [2.75, 3.05) is 19.7 Å². The average molecular weight is 267 g/mol. The van der Waals surface area contributed by atoms with Crippen LogP contribution in [0.15, 0.2) is 5.16 Å². The lowest BCUT2D eigenvalue weighted by atomic mass is 9.88. The summed E-state index contributed by atoms with van der Waals surface area (Å²) in [4.78, 5) is 2.62. The lowest BCUT2D eigenvalue weighted by Crippen LogP contribution is -2.54. The van der Waals surface area contributed by atoms with Crippen LogP contribution in [0, 0.1) is 5.41 Å². The molecule has 0 spiro atoms. The van der Waals surface area contributed by atoms with Crippen LogP contribution in [0.2, 0.25) is 0 Å². The molecule has 2 saturated carbocycles. The van der Waals surface area contributed by atoms with E-state index in [-0.39, 0.29) is 5.41 Å². The van der Waals surface area contributed by atoms with Crippen LogP contribution in [0.4, 0.5) is 0 Å².